The van der Waals surface area contributed by atoms with E-state index >= 15 is 0 Å². The molecule has 10 heteroatoms. The SMILES string of the molecule is CCCCCCCCOc1cc(N(CC)CC)ccc1/C=C(\C#N)C(=O)Nc1ccc(N(CCCCCCCCCCC(=O)O)CCCCCCCCCCC(=O)O)cc1. The third-order valence-electron chi connectivity index (χ3n) is 11.2. The summed E-state index contributed by atoms with van der Waals surface area (Å²) in [4.78, 5) is 39.7. The normalized spacial score (nSPS) is 11.3. The fourth-order valence-corrected chi connectivity index (χ4v) is 7.52. The predicted octanol–water partition coefficient (Wildman–Crippen LogP) is 12.8. The lowest BCUT2D eigenvalue weighted by Gasteiger charge is -2.25. The number of benzene rings is 2. The van der Waals surface area contributed by atoms with E-state index in [1.807, 2.05) is 30.3 Å². The van der Waals surface area contributed by atoms with Crippen LogP contribution in [0.1, 0.15) is 180 Å². The fraction of sp³-hybridized carbons (Fsp3) is 0.640. The highest BCUT2D eigenvalue weighted by Crippen LogP contribution is 2.29. The second-order valence-electron chi connectivity index (χ2n) is 16.1. The summed E-state index contributed by atoms with van der Waals surface area (Å²) < 4.78 is 6.30. The maximum Gasteiger partial charge on any atom is 0.303 e. The van der Waals surface area contributed by atoms with Crippen molar-refractivity contribution in [2.24, 2.45) is 0 Å². The highest BCUT2D eigenvalue weighted by atomic mass is 16.5. The van der Waals surface area contributed by atoms with Gasteiger partial charge in [-0.3, -0.25) is 14.4 Å². The van der Waals surface area contributed by atoms with Gasteiger partial charge >= 0.3 is 11.9 Å². The number of carbonyl (C=O) groups is 3. The summed E-state index contributed by atoms with van der Waals surface area (Å²) in [7, 11) is 0. The highest BCUT2D eigenvalue weighted by Gasteiger charge is 2.15. The van der Waals surface area contributed by atoms with Crippen LogP contribution < -0.4 is 19.9 Å². The molecule has 0 aliphatic carbocycles. The number of anilines is 3. The molecule has 2 rings (SSSR count). The Morgan fingerprint density at radius 3 is 1.57 bits per heavy atom. The first-order valence-corrected chi connectivity index (χ1v) is 23.5. The van der Waals surface area contributed by atoms with E-state index in [1.165, 1.54) is 51.4 Å². The maximum absolute atomic E-state index is 13.5. The molecule has 0 saturated heterocycles. The van der Waals surface area contributed by atoms with Gasteiger partial charge in [0.25, 0.3) is 5.91 Å². The standard InChI is InChI=1S/C50H78N4O6/c1-4-7-8-9-22-27-38-60-47-40-46(53(5-2)6-3)33-30-42(47)39-43(41-51)50(59)52-44-31-34-45(35-32-44)54(36-25-20-16-12-10-14-18-23-28-48(55)56)37-26-21-17-13-11-15-19-24-29-49(57)58/h30-35,39-40H,4-29,36-38H2,1-3H3,(H,52,59)(H,55,56)(H,57,58)/b43-39+. The molecule has 3 N–H and O–H groups in total. The number of nitrogens with zero attached hydrogens (tertiary/aromatic N) is 3. The number of carbonyl (C=O) groups excluding carboxylic acids is 1. The quantitative estimate of drug-likeness (QED) is 0.0344. The average Bonchev–Trinajstić information content (AvgIpc) is 3.24. The van der Waals surface area contributed by atoms with Crippen LogP contribution in [0.5, 0.6) is 5.75 Å². The van der Waals surface area contributed by atoms with E-state index in [0.29, 0.717) is 23.6 Å². The molecule has 0 heterocycles. The number of hydrogen-bond acceptors (Lipinski definition) is 7. The molecule has 60 heavy (non-hydrogen) atoms. The summed E-state index contributed by atoms with van der Waals surface area (Å²) in [5.74, 6) is -1.20. The van der Waals surface area contributed by atoms with Crippen molar-refractivity contribution in [3.05, 3.63) is 53.6 Å². The van der Waals surface area contributed by atoms with E-state index < -0.39 is 17.8 Å². The Bertz CT molecular complexity index is 1510. The van der Waals surface area contributed by atoms with E-state index in [9.17, 15) is 19.6 Å². The molecule has 0 aliphatic rings. The van der Waals surface area contributed by atoms with Crippen molar-refractivity contribution >= 4 is 41.0 Å². The molecule has 2 aromatic carbocycles. The Balaban J connectivity index is 2.05. The van der Waals surface area contributed by atoms with Gasteiger partial charge in [0.2, 0.25) is 0 Å². The molecule has 0 unspecified atom stereocenters. The van der Waals surface area contributed by atoms with Gasteiger partial charge in [0.15, 0.2) is 0 Å². The summed E-state index contributed by atoms with van der Waals surface area (Å²) >= 11 is 0. The molecule has 0 fully saturated rings. The Kier molecular flexibility index (Phi) is 28.6. The van der Waals surface area contributed by atoms with Gasteiger partial charge < -0.3 is 30.1 Å². The van der Waals surface area contributed by atoms with Crippen LogP contribution in [0.25, 0.3) is 6.08 Å². The van der Waals surface area contributed by atoms with Crippen molar-refractivity contribution in [3.63, 3.8) is 0 Å². The monoisotopic (exact) mass is 831 g/mol. The molecule has 0 spiro atoms. The van der Waals surface area contributed by atoms with Crippen LogP contribution in [0.2, 0.25) is 0 Å². The van der Waals surface area contributed by atoms with E-state index in [1.54, 1.807) is 6.08 Å². The van der Waals surface area contributed by atoms with Crippen molar-refractivity contribution in [2.75, 3.05) is 47.9 Å². The number of unbranched alkanes of at least 4 members (excludes halogenated alkanes) is 19. The number of aliphatic carboxylic acids is 2. The van der Waals surface area contributed by atoms with Crippen molar-refractivity contribution in [2.45, 2.75) is 175 Å². The summed E-state index contributed by atoms with van der Waals surface area (Å²) in [6.07, 6.45) is 26.3. The molecule has 334 valence electrons. The van der Waals surface area contributed by atoms with Crippen LogP contribution in [0.15, 0.2) is 48.0 Å². The van der Waals surface area contributed by atoms with Gasteiger partial charge in [0.05, 0.1) is 6.61 Å². The summed E-state index contributed by atoms with van der Waals surface area (Å²) in [6.45, 7) is 10.7. The molecular weight excluding hydrogens is 753 g/mol. The zero-order valence-electron chi connectivity index (χ0n) is 37.5. The number of nitrogens with one attached hydrogen (secondary N) is 1. The van der Waals surface area contributed by atoms with Crippen LogP contribution in [-0.2, 0) is 14.4 Å². The summed E-state index contributed by atoms with van der Waals surface area (Å²) in [5, 5.41) is 30.7. The fourth-order valence-electron chi connectivity index (χ4n) is 7.52. The second-order valence-corrected chi connectivity index (χ2v) is 16.1. The number of rotatable bonds is 37. The first-order chi connectivity index (χ1) is 29.2. The molecule has 1 amide bonds. The lowest BCUT2D eigenvalue weighted by molar-refractivity contribution is -0.138. The number of nitriles is 1. The van der Waals surface area contributed by atoms with Gasteiger partial charge in [-0.2, -0.15) is 5.26 Å². The van der Waals surface area contributed by atoms with Crippen LogP contribution in [0.3, 0.4) is 0 Å². The zero-order valence-corrected chi connectivity index (χ0v) is 37.5. The molecule has 2 aromatic rings. The molecule has 0 bridgehead atoms. The summed E-state index contributed by atoms with van der Waals surface area (Å²) in [5.41, 5.74) is 3.52. The largest absolute Gasteiger partial charge is 0.493 e. The van der Waals surface area contributed by atoms with Crippen molar-refractivity contribution in [1.82, 2.24) is 0 Å². The second kappa shape index (κ2) is 33.2. The average molecular weight is 831 g/mol. The van der Waals surface area contributed by atoms with Gasteiger partial charge in [0, 0.05) is 67.7 Å². The molecule has 0 radical (unpaired) electrons. The van der Waals surface area contributed by atoms with Crippen molar-refractivity contribution in [3.8, 4) is 11.8 Å². The van der Waals surface area contributed by atoms with Crippen LogP contribution in [-0.4, -0.2) is 60.8 Å². The number of carboxylic acid groups (broad SMARTS) is 2. The number of amides is 1. The Labute approximate surface area is 362 Å². The topological polar surface area (TPSA) is 143 Å². The van der Waals surface area contributed by atoms with Crippen LogP contribution in [0.4, 0.5) is 17.1 Å². The molecule has 0 saturated carbocycles. The maximum atomic E-state index is 13.5. The van der Waals surface area contributed by atoms with Gasteiger partial charge in [-0.05, 0) is 88.4 Å². The smallest absolute Gasteiger partial charge is 0.303 e. The highest BCUT2D eigenvalue weighted by molar-refractivity contribution is 6.10. The first kappa shape index (κ1) is 51.6. The van der Waals surface area contributed by atoms with Gasteiger partial charge in [-0.25, -0.2) is 0 Å². The van der Waals surface area contributed by atoms with Crippen LogP contribution in [0, 0.1) is 11.3 Å². The first-order valence-electron chi connectivity index (χ1n) is 23.5. The van der Waals surface area contributed by atoms with E-state index in [0.717, 1.165) is 127 Å². The van der Waals surface area contributed by atoms with Crippen LogP contribution >= 0.6 is 0 Å². The molecule has 0 atom stereocenters. The Morgan fingerprint density at radius 2 is 1.08 bits per heavy atom. The minimum Gasteiger partial charge on any atom is -0.493 e. The predicted molar refractivity (Wildman–Crippen MR) is 248 cm³/mol. The number of hydrogen-bond donors (Lipinski definition) is 3. The van der Waals surface area contributed by atoms with Gasteiger partial charge in [0.1, 0.15) is 17.4 Å². The number of carboxylic acids is 2. The zero-order chi connectivity index (χ0) is 43.6. The van der Waals surface area contributed by atoms with E-state index in [-0.39, 0.29) is 18.4 Å². The lowest BCUT2D eigenvalue weighted by Crippen LogP contribution is -2.25. The van der Waals surface area contributed by atoms with Gasteiger partial charge in [-0.1, -0.05) is 116 Å². The molecule has 0 aliphatic heterocycles. The van der Waals surface area contributed by atoms with Crippen molar-refractivity contribution < 1.29 is 29.3 Å². The van der Waals surface area contributed by atoms with Crippen molar-refractivity contribution in [1.29, 1.82) is 5.26 Å². The van der Waals surface area contributed by atoms with Gasteiger partial charge in [-0.15, -0.1) is 0 Å². The molecular formula is C50H78N4O6. The summed E-state index contributed by atoms with van der Waals surface area (Å²) in [6, 6.07) is 16.0. The molecule has 10 nitrogen and oxygen atoms in total. The lowest BCUT2D eigenvalue weighted by atomic mass is 10.1. The molecule has 0 aromatic heterocycles. The Morgan fingerprint density at radius 1 is 0.617 bits per heavy atom. The number of ether oxygens (including phenoxy) is 1. The minimum absolute atomic E-state index is 0.0150. The van der Waals surface area contributed by atoms with E-state index in [2.05, 4.69) is 54.1 Å². The minimum atomic E-state index is -0.712. The third-order valence-corrected chi connectivity index (χ3v) is 11.2. The third kappa shape index (κ3) is 23.3. The Hall–Kier alpha value is -4.52. The van der Waals surface area contributed by atoms with E-state index in [4.69, 9.17) is 14.9 Å².